The van der Waals surface area contributed by atoms with Crippen LogP contribution in [0.3, 0.4) is 0 Å². The molecule has 0 radical (unpaired) electrons. The minimum Gasteiger partial charge on any atom is -0.0850 e. The second kappa shape index (κ2) is 5.90. The lowest BCUT2D eigenvalue weighted by Gasteiger charge is -1.86. The third-order valence-electron chi connectivity index (χ3n) is 1.02. The summed E-state index contributed by atoms with van der Waals surface area (Å²) >= 11 is 5.48. The average Bonchev–Trinajstić information content (AvgIpc) is 1.80. The maximum atomic E-state index is 5.48. The van der Waals surface area contributed by atoms with Gasteiger partial charge in [-0.1, -0.05) is 44.0 Å². The summed E-state index contributed by atoms with van der Waals surface area (Å²) in [7, 11) is 0. The molecular formula is C8H13Cl. The number of hydrogen-bond donors (Lipinski definition) is 0. The van der Waals surface area contributed by atoms with Gasteiger partial charge in [-0.3, -0.25) is 0 Å². The topological polar surface area (TPSA) is 0 Å². The molecule has 0 aromatic heterocycles. The van der Waals surface area contributed by atoms with Crippen LogP contribution in [0.4, 0.5) is 0 Å². The molecule has 0 heterocycles. The van der Waals surface area contributed by atoms with Crippen molar-refractivity contribution in [3.8, 4) is 0 Å². The molecule has 1 heteroatoms. The van der Waals surface area contributed by atoms with E-state index < -0.39 is 0 Å². The Morgan fingerprint density at radius 3 is 2.78 bits per heavy atom. The second-order valence-electron chi connectivity index (χ2n) is 1.99. The molecule has 52 valence electrons. The van der Waals surface area contributed by atoms with E-state index in [9.17, 15) is 0 Å². The molecule has 0 aliphatic carbocycles. The van der Waals surface area contributed by atoms with Gasteiger partial charge in [-0.2, -0.15) is 0 Å². The Hall–Kier alpha value is -0.230. The Bertz CT molecular complexity index is 103. The van der Waals surface area contributed by atoms with E-state index in [1.807, 2.05) is 6.08 Å². The number of halogens is 1. The standard InChI is InChI=1S/C8H13Cl/c1-3-4-5-6-7-8(2)9/h6-7H,2-5H2,1H3. The maximum Gasteiger partial charge on any atom is 0.0331 e. The SMILES string of the molecule is C=C(Cl)C=CCCCC. The van der Waals surface area contributed by atoms with Crippen LogP contribution in [-0.2, 0) is 0 Å². The van der Waals surface area contributed by atoms with Crippen LogP contribution in [0.15, 0.2) is 23.8 Å². The van der Waals surface area contributed by atoms with E-state index in [-0.39, 0.29) is 0 Å². The molecular weight excluding hydrogens is 132 g/mol. The Morgan fingerprint density at radius 2 is 2.33 bits per heavy atom. The Labute approximate surface area is 62.2 Å². The van der Waals surface area contributed by atoms with Crippen molar-refractivity contribution < 1.29 is 0 Å². The van der Waals surface area contributed by atoms with Gasteiger partial charge in [-0.25, -0.2) is 0 Å². The van der Waals surface area contributed by atoms with Crippen molar-refractivity contribution in [2.75, 3.05) is 0 Å². The Kier molecular flexibility index (Phi) is 5.75. The van der Waals surface area contributed by atoms with Crippen molar-refractivity contribution in [2.45, 2.75) is 26.2 Å². The van der Waals surface area contributed by atoms with E-state index >= 15 is 0 Å². The molecule has 0 aromatic rings. The highest BCUT2D eigenvalue weighted by Gasteiger charge is 1.78. The van der Waals surface area contributed by atoms with Gasteiger partial charge in [-0.15, -0.1) is 0 Å². The van der Waals surface area contributed by atoms with Crippen LogP contribution in [0, 0.1) is 0 Å². The zero-order chi connectivity index (χ0) is 7.11. The lowest BCUT2D eigenvalue weighted by Crippen LogP contribution is -1.65. The molecule has 0 unspecified atom stereocenters. The number of hydrogen-bond acceptors (Lipinski definition) is 0. The van der Waals surface area contributed by atoms with Crippen LogP contribution in [0.25, 0.3) is 0 Å². The van der Waals surface area contributed by atoms with Crippen molar-refractivity contribution in [3.05, 3.63) is 23.8 Å². The molecule has 0 rings (SSSR count). The van der Waals surface area contributed by atoms with Crippen LogP contribution in [-0.4, -0.2) is 0 Å². The van der Waals surface area contributed by atoms with E-state index in [4.69, 9.17) is 11.6 Å². The van der Waals surface area contributed by atoms with Crippen LogP contribution < -0.4 is 0 Å². The van der Waals surface area contributed by atoms with Gasteiger partial charge in [0.2, 0.25) is 0 Å². The third-order valence-corrected chi connectivity index (χ3v) is 1.15. The van der Waals surface area contributed by atoms with E-state index in [0.717, 1.165) is 6.42 Å². The van der Waals surface area contributed by atoms with E-state index in [0.29, 0.717) is 5.03 Å². The van der Waals surface area contributed by atoms with Crippen molar-refractivity contribution in [1.82, 2.24) is 0 Å². The number of rotatable bonds is 4. The fourth-order valence-corrected chi connectivity index (χ4v) is 0.622. The summed E-state index contributed by atoms with van der Waals surface area (Å²) in [5.41, 5.74) is 0. The second-order valence-corrected chi connectivity index (χ2v) is 2.48. The van der Waals surface area contributed by atoms with Gasteiger partial charge >= 0.3 is 0 Å². The fourth-order valence-electron chi connectivity index (χ4n) is 0.533. The average molecular weight is 145 g/mol. The lowest BCUT2D eigenvalue weighted by molar-refractivity contribution is 0.815. The van der Waals surface area contributed by atoms with Crippen molar-refractivity contribution in [2.24, 2.45) is 0 Å². The fraction of sp³-hybridized carbons (Fsp3) is 0.500. The van der Waals surface area contributed by atoms with Crippen LogP contribution in [0.5, 0.6) is 0 Å². The lowest BCUT2D eigenvalue weighted by atomic mass is 10.2. The van der Waals surface area contributed by atoms with Gasteiger partial charge < -0.3 is 0 Å². The number of unbranched alkanes of at least 4 members (excludes halogenated alkanes) is 2. The predicted molar refractivity (Wildman–Crippen MR) is 43.7 cm³/mol. The highest BCUT2D eigenvalue weighted by atomic mass is 35.5. The first-order valence-corrected chi connectivity index (χ1v) is 3.66. The molecule has 0 N–H and O–H groups in total. The monoisotopic (exact) mass is 144 g/mol. The minimum atomic E-state index is 0.617. The maximum absolute atomic E-state index is 5.48. The minimum absolute atomic E-state index is 0.617. The molecule has 0 aliphatic heterocycles. The quantitative estimate of drug-likeness (QED) is 0.419. The molecule has 0 amide bonds. The summed E-state index contributed by atoms with van der Waals surface area (Å²) in [4.78, 5) is 0. The molecule has 0 aliphatic rings. The summed E-state index contributed by atoms with van der Waals surface area (Å²) in [5.74, 6) is 0. The third kappa shape index (κ3) is 7.77. The summed E-state index contributed by atoms with van der Waals surface area (Å²) < 4.78 is 0. The van der Waals surface area contributed by atoms with Gasteiger partial charge in [0, 0.05) is 5.03 Å². The first-order valence-electron chi connectivity index (χ1n) is 3.28. The van der Waals surface area contributed by atoms with Gasteiger partial charge in [0.25, 0.3) is 0 Å². The molecule has 0 fully saturated rings. The first-order chi connectivity index (χ1) is 4.27. The highest BCUT2D eigenvalue weighted by molar-refractivity contribution is 6.30. The molecule has 0 atom stereocenters. The molecule has 9 heavy (non-hydrogen) atoms. The van der Waals surface area contributed by atoms with Gasteiger partial charge in [-0.05, 0) is 12.5 Å². The van der Waals surface area contributed by atoms with Gasteiger partial charge in [0.1, 0.15) is 0 Å². The highest BCUT2D eigenvalue weighted by Crippen LogP contribution is 2.01. The summed E-state index contributed by atoms with van der Waals surface area (Å²) in [6, 6.07) is 0. The van der Waals surface area contributed by atoms with E-state index in [1.54, 1.807) is 0 Å². The van der Waals surface area contributed by atoms with Crippen molar-refractivity contribution in [3.63, 3.8) is 0 Å². The largest absolute Gasteiger partial charge is 0.0850 e. The van der Waals surface area contributed by atoms with Crippen molar-refractivity contribution in [1.29, 1.82) is 0 Å². The predicted octanol–water partition coefficient (Wildman–Crippen LogP) is 3.49. The van der Waals surface area contributed by atoms with E-state index in [2.05, 4.69) is 19.6 Å². The zero-order valence-corrected chi connectivity index (χ0v) is 6.62. The van der Waals surface area contributed by atoms with Crippen molar-refractivity contribution >= 4 is 11.6 Å². The molecule has 0 saturated carbocycles. The summed E-state index contributed by atoms with van der Waals surface area (Å²) in [5, 5.41) is 0.617. The normalized spacial score (nSPS) is 10.4. The first kappa shape index (κ1) is 8.77. The zero-order valence-electron chi connectivity index (χ0n) is 5.86. The molecule has 0 spiro atoms. The molecule has 0 bridgehead atoms. The smallest absolute Gasteiger partial charge is 0.0331 e. The molecule has 0 saturated heterocycles. The Balaban J connectivity index is 3.15. The summed E-state index contributed by atoms with van der Waals surface area (Å²) in [6.45, 7) is 5.70. The van der Waals surface area contributed by atoms with Crippen LogP contribution in [0.2, 0.25) is 0 Å². The number of allylic oxidation sites excluding steroid dienone is 3. The van der Waals surface area contributed by atoms with Gasteiger partial charge in [0.05, 0.1) is 0 Å². The van der Waals surface area contributed by atoms with E-state index in [1.165, 1.54) is 12.8 Å². The van der Waals surface area contributed by atoms with Gasteiger partial charge in [0.15, 0.2) is 0 Å². The summed E-state index contributed by atoms with van der Waals surface area (Å²) in [6.07, 6.45) is 7.48. The van der Waals surface area contributed by atoms with Crippen LogP contribution >= 0.6 is 11.6 Å². The molecule has 0 aromatic carbocycles. The molecule has 0 nitrogen and oxygen atoms in total. The van der Waals surface area contributed by atoms with Crippen LogP contribution in [0.1, 0.15) is 26.2 Å². The Morgan fingerprint density at radius 1 is 1.67 bits per heavy atom.